The van der Waals surface area contributed by atoms with E-state index in [4.69, 9.17) is 0 Å². The molecule has 3 amide bonds. The average Bonchev–Trinajstić information content (AvgIpc) is 3.18. The Bertz CT molecular complexity index is 1610. The third-order valence-corrected chi connectivity index (χ3v) is 7.82. The van der Waals surface area contributed by atoms with Crippen molar-refractivity contribution < 1.29 is 44.1 Å². The topological polar surface area (TPSA) is 190 Å². The maximum atomic E-state index is 13.6. The lowest BCUT2D eigenvalue weighted by Crippen LogP contribution is -2.54. The van der Waals surface area contributed by atoms with Crippen LogP contribution in [0.3, 0.4) is 0 Å². The van der Waals surface area contributed by atoms with Crippen molar-refractivity contribution in [1.29, 1.82) is 0 Å². The van der Waals surface area contributed by atoms with Crippen molar-refractivity contribution in [2.24, 2.45) is 0 Å². The summed E-state index contributed by atoms with van der Waals surface area (Å²) in [5.41, 5.74) is 2.31. The Morgan fingerprint density at radius 2 is 1.48 bits per heavy atom. The lowest BCUT2D eigenvalue weighted by atomic mass is 9.91. The van der Waals surface area contributed by atoms with Gasteiger partial charge in [0.25, 0.3) is 0 Å². The van der Waals surface area contributed by atoms with Crippen molar-refractivity contribution >= 4 is 35.6 Å². The largest absolute Gasteiger partial charge is 0.480 e. The highest BCUT2D eigenvalue weighted by molar-refractivity contribution is 6.02. The normalized spacial score (nSPS) is 15.5. The molecule has 3 aromatic carbocycles. The number of nitrogens with zero attached hydrogens (tertiary/aromatic N) is 1. The van der Waals surface area contributed by atoms with Crippen molar-refractivity contribution in [3.63, 3.8) is 0 Å². The van der Waals surface area contributed by atoms with Crippen LogP contribution in [0.4, 0.5) is 0 Å². The summed E-state index contributed by atoms with van der Waals surface area (Å²) in [5.74, 6) is -8.58. The number of likely N-dealkylation sites (tertiary alicyclic amines) is 1. The fourth-order valence-corrected chi connectivity index (χ4v) is 5.55. The number of aliphatic carboxylic acids is 2. The molecular weight excluding hydrogens is 594 g/mol. The molecule has 1 saturated heterocycles. The second-order valence-electron chi connectivity index (χ2n) is 11.2. The molecule has 3 aromatic rings. The number of aromatic carboxylic acids is 1. The van der Waals surface area contributed by atoms with Crippen LogP contribution in [0.5, 0.6) is 0 Å². The van der Waals surface area contributed by atoms with Gasteiger partial charge < -0.3 is 30.9 Å². The van der Waals surface area contributed by atoms with Crippen LogP contribution in [0, 0.1) is 0 Å². The number of carbonyl (C=O) groups excluding carboxylic acids is 3. The third kappa shape index (κ3) is 8.35. The van der Waals surface area contributed by atoms with Gasteiger partial charge in [0.2, 0.25) is 17.7 Å². The molecule has 12 heteroatoms. The van der Waals surface area contributed by atoms with Crippen LogP contribution >= 0.6 is 0 Å². The van der Waals surface area contributed by atoms with Gasteiger partial charge in [-0.05, 0) is 53.1 Å². The highest BCUT2D eigenvalue weighted by atomic mass is 16.4. The second kappa shape index (κ2) is 15.0. The number of rotatable bonds is 12. The predicted molar refractivity (Wildman–Crippen MR) is 166 cm³/mol. The van der Waals surface area contributed by atoms with E-state index >= 15 is 0 Å². The summed E-state index contributed by atoms with van der Waals surface area (Å²) in [6.07, 6.45) is 1.62. The zero-order valence-electron chi connectivity index (χ0n) is 25.1. The Balaban J connectivity index is 1.49. The van der Waals surface area contributed by atoms with E-state index in [0.717, 1.165) is 35.2 Å². The van der Waals surface area contributed by atoms with Crippen LogP contribution in [-0.4, -0.2) is 74.5 Å². The molecule has 12 nitrogen and oxygen atoms in total. The van der Waals surface area contributed by atoms with E-state index in [2.05, 4.69) is 10.6 Å². The van der Waals surface area contributed by atoms with E-state index < -0.39 is 58.9 Å². The maximum Gasteiger partial charge on any atom is 0.336 e. The van der Waals surface area contributed by atoms with Gasteiger partial charge in [-0.15, -0.1) is 0 Å². The molecule has 46 heavy (non-hydrogen) atoms. The number of carboxylic acid groups (broad SMARTS) is 3. The molecule has 1 aliphatic heterocycles. The van der Waals surface area contributed by atoms with Crippen molar-refractivity contribution in [3.8, 4) is 11.1 Å². The molecule has 0 spiro atoms. The van der Waals surface area contributed by atoms with Gasteiger partial charge in [-0.1, -0.05) is 66.7 Å². The van der Waals surface area contributed by atoms with Crippen LogP contribution in [0.25, 0.3) is 11.1 Å². The lowest BCUT2D eigenvalue weighted by molar-refractivity contribution is -0.150. The van der Waals surface area contributed by atoms with Crippen LogP contribution in [0.2, 0.25) is 0 Å². The van der Waals surface area contributed by atoms with Crippen molar-refractivity contribution in [3.05, 3.63) is 95.1 Å². The summed E-state index contributed by atoms with van der Waals surface area (Å²) in [4.78, 5) is 75.7. The van der Waals surface area contributed by atoms with Crippen molar-refractivity contribution in [2.75, 3.05) is 6.54 Å². The smallest absolute Gasteiger partial charge is 0.336 e. The highest BCUT2D eigenvalue weighted by Gasteiger charge is 2.33. The van der Waals surface area contributed by atoms with Gasteiger partial charge in [-0.25, -0.2) is 4.79 Å². The first-order valence-corrected chi connectivity index (χ1v) is 14.8. The lowest BCUT2D eigenvalue weighted by Gasteiger charge is -2.27. The van der Waals surface area contributed by atoms with Crippen LogP contribution in [0.15, 0.2) is 72.8 Å². The minimum atomic E-state index is -2.11. The van der Waals surface area contributed by atoms with Crippen LogP contribution < -0.4 is 10.6 Å². The predicted octanol–water partition coefficient (Wildman–Crippen LogP) is 3.05. The molecule has 2 atom stereocenters. The number of benzene rings is 3. The Morgan fingerprint density at radius 1 is 0.848 bits per heavy atom. The molecule has 0 radical (unpaired) electrons. The molecule has 5 N–H and O–H groups in total. The van der Waals surface area contributed by atoms with Crippen LogP contribution in [-0.2, 0) is 36.9 Å². The van der Waals surface area contributed by atoms with Crippen molar-refractivity contribution in [2.45, 2.75) is 57.2 Å². The summed E-state index contributed by atoms with van der Waals surface area (Å²) >= 11 is 0. The zero-order valence-corrected chi connectivity index (χ0v) is 25.1. The molecule has 0 bridgehead atoms. The van der Waals surface area contributed by atoms with Gasteiger partial charge in [0.05, 0.1) is 5.56 Å². The highest BCUT2D eigenvalue weighted by Crippen LogP contribution is 2.24. The average molecular weight is 630 g/mol. The number of carbonyl (C=O) groups is 6. The summed E-state index contributed by atoms with van der Waals surface area (Å²) in [5, 5.41) is 33.6. The second-order valence-corrected chi connectivity index (χ2v) is 11.2. The van der Waals surface area contributed by atoms with E-state index in [1.165, 1.54) is 13.0 Å². The Kier molecular flexibility index (Phi) is 10.9. The molecule has 1 aliphatic rings. The molecule has 240 valence electrons. The van der Waals surface area contributed by atoms with Gasteiger partial charge in [0.1, 0.15) is 12.1 Å². The summed E-state index contributed by atoms with van der Waals surface area (Å²) in [6, 6.07) is 19.3. The number of nitrogens with one attached hydrogen (secondary N) is 2. The molecule has 0 saturated carbocycles. The number of hydrogen-bond acceptors (Lipinski definition) is 6. The first-order valence-electron chi connectivity index (χ1n) is 14.8. The standard InChI is InChI=1S/C34H35N3O9/c1-20(38)35-28(18-22-12-15-25(26(17-22)32(41)42)29(33(43)44)34(45)46)30(39)36-27-9-5-6-16-37(31(27)40)19-21-10-13-24(14-11-21)23-7-3-2-4-8-23/h2-4,7-8,10-15,17,27-29H,5-6,9,16,18-19H2,1H3,(H,35,38)(H,36,39)(H,41,42)(H,43,44)(H,45,46)/t27-,28+/m0/s1. The van der Waals surface area contributed by atoms with Gasteiger partial charge in [0.15, 0.2) is 5.92 Å². The molecule has 0 unspecified atom stereocenters. The van der Waals surface area contributed by atoms with Gasteiger partial charge in [-0.3, -0.25) is 24.0 Å². The fraction of sp³-hybridized carbons (Fsp3) is 0.294. The third-order valence-electron chi connectivity index (χ3n) is 7.82. The molecule has 1 heterocycles. The van der Waals surface area contributed by atoms with Gasteiger partial charge in [-0.2, -0.15) is 0 Å². The Morgan fingerprint density at radius 3 is 2.09 bits per heavy atom. The maximum absolute atomic E-state index is 13.6. The van der Waals surface area contributed by atoms with Crippen LogP contribution in [0.1, 0.15) is 59.2 Å². The number of amides is 3. The molecular formula is C34H35N3O9. The zero-order chi connectivity index (χ0) is 33.4. The van der Waals surface area contributed by atoms with Crippen molar-refractivity contribution in [1.82, 2.24) is 15.5 Å². The van der Waals surface area contributed by atoms with E-state index in [1.807, 2.05) is 54.6 Å². The van der Waals surface area contributed by atoms with Gasteiger partial charge >= 0.3 is 17.9 Å². The first kappa shape index (κ1) is 33.4. The monoisotopic (exact) mass is 629 g/mol. The summed E-state index contributed by atoms with van der Waals surface area (Å²) in [6.45, 7) is 2.07. The quantitative estimate of drug-likeness (QED) is 0.187. The SMILES string of the molecule is CC(=O)N[C@H](Cc1ccc(C(C(=O)O)C(=O)O)c(C(=O)O)c1)C(=O)N[C@H]1CCCCN(Cc2ccc(-c3ccccc3)cc2)C1=O. The number of hydrogen-bond donors (Lipinski definition) is 5. The number of carboxylic acids is 3. The molecule has 4 rings (SSSR count). The molecule has 1 fully saturated rings. The molecule has 0 aliphatic carbocycles. The fourth-order valence-electron chi connectivity index (χ4n) is 5.55. The first-order chi connectivity index (χ1) is 21.9. The minimum absolute atomic E-state index is 0.199. The Hall–Kier alpha value is -5.52. The van der Waals surface area contributed by atoms with E-state index in [-0.39, 0.29) is 17.9 Å². The summed E-state index contributed by atoms with van der Waals surface area (Å²) < 4.78 is 0. The Labute approximate surface area is 265 Å². The van der Waals surface area contributed by atoms with E-state index in [9.17, 15) is 44.1 Å². The molecule has 0 aromatic heterocycles. The van der Waals surface area contributed by atoms with E-state index in [0.29, 0.717) is 25.9 Å². The summed E-state index contributed by atoms with van der Waals surface area (Å²) in [7, 11) is 0. The minimum Gasteiger partial charge on any atom is -0.480 e. The van der Waals surface area contributed by atoms with E-state index in [1.54, 1.807) is 4.90 Å². The van der Waals surface area contributed by atoms with Gasteiger partial charge in [0, 0.05) is 26.4 Å².